The molecule has 1 atom stereocenters. The van der Waals surface area contributed by atoms with Crippen LogP contribution in [0.15, 0.2) is 42.5 Å². The molecule has 0 aliphatic carbocycles. The van der Waals surface area contributed by atoms with Crippen LogP contribution in [-0.2, 0) is 12.1 Å². The molecule has 3 N–H and O–H groups in total. The van der Waals surface area contributed by atoms with Crippen molar-refractivity contribution in [3.63, 3.8) is 0 Å². The predicted molar refractivity (Wildman–Crippen MR) is 124 cm³/mol. The van der Waals surface area contributed by atoms with Crippen LogP contribution >= 0.6 is 0 Å². The molecule has 8 nitrogen and oxygen atoms in total. The Hall–Kier alpha value is -3.26. The summed E-state index contributed by atoms with van der Waals surface area (Å²) < 4.78 is 11.8. The summed E-state index contributed by atoms with van der Waals surface area (Å²) in [5.74, 6) is 1.43. The van der Waals surface area contributed by atoms with E-state index in [9.17, 15) is 4.79 Å². The van der Waals surface area contributed by atoms with Crippen LogP contribution in [0.1, 0.15) is 79.2 Å². The number of fused-ring (bicyclic) bond motifs is 1. The number of hydrogen-bond acceptors (Lipinski definition) is 7. The number of hydrogen-bond donors (Lipinski definition) is 2. The fourth-order valence-electron chi connectivity index (χ4n) is 4.10. The topological polar surface area (TPSA) is 116 Å². The Morgan fingerprint density at radius 1 is 1.09 bits per heavy atom. The standard InChI is InChI=1S/C25H31N5O3/c1-2-3-4-5-6-7-8-16-32-20-14-12-18(13-15-20)22(31)21-11-9-10-19-17-25(26,33-23(19)21)24-27-29-30-28-24/h9-15H,2-8,16-17,26H2,1H3,(H,27,28,29,30). The molecule has 0 saturated heterocycles. The monoisotopic (exact) mass is 449 g/mol. The van der Waals surface area contributed by atoms with Gasteiger partial charge in [-0.05, 0) is 47.2 Å². The van der Waals surface area contributed by atoms with E-state index >= 15 is 0 Å². The molecule has 2 aromatic carbocycles. The summed E-state index contributed by atoms with van der Waals surface area (Å²) in [6.45, 7) is 2.92. The van der Waals surface area contributed by atoms with Gasteiger partial charge in [-0.2, -0.15) is 0 Å². The summed E-state index contributed by atoms with van der Waals surface area (Å²) in [5, 5.41) is 13.7. The zero-order chi connectivity index (χ0) is 23.1. The first kappa shape index (κ1) is 22.9. The van der Waals surface area contributed by atoms with E-state index in [1.165, 1.54) is 38.5 Å². The summed E-state index contributed by atoms with van der Waals surface area (Å²) in [6.07, 6.45) is 9.09. The van der Waals surface area contributed by atoms with Crippen molar-refractivity contribution in [3.05, 3.63) is 65.0 Å². The molecule has 0 spiro atoms. The highest BCUT2D eigenvalue weighted by Crippen LogP contribution is 2.40. The van der Waals surface area contributed by atoms with Gasteiger partial charge in [-0.15, -0.1) is 5.10 Å². The van der Waals surface area contributed by atoms with E-state index in [1.807, 2.05) is 24.3 Å². The quantitative estimate of drug-likeness (QED) is 0.313. The third-order valence-electron chi connectivity index (χ3n) is 5.96. The number of benzene rings is 2. The summed E-state index contributed by atoms with van der Waals surface area (Å²) >= 11 is 0. The summed E-state index contributed by atoms with van der Waals surface area (Å²) in [4.78, 5) is 13.2. The van der Waals surface area contributed by atoms with Crippen LogP contribution in [-0.4, -0.2) is 33.0 Å². The Labute approximate surface area is 193 Å². The maximum Gasteiger partial charge on any atom is 0.224 e. The third-order valence-corrected chi connectivity index (χ3v) is 5.96. The molecule has 0 fully saturated rings. The van der Waals surface area contributed by atoms with Gasteiger partial charge in [-0.1, -0.05) is 57.6 Å². The first-order chi connectivity index (χ1) is 16.1. The first-order valence-electron chi connectivity index (χ1n) is 11.7. The maximum atomic E-state index is 13.2. The van der Waals surface area contributed by atoms with Crippen molar-refractivity contribution in [3.8, 4) is 11.5 Å². The van der Waals surface area contributed by atoms with E-state index in [0.29, 0.717) is 35.7 Å². The Bertz CT molecular complexity index is 1050. The molecule has 3 aromatic rings. The van der Waals surface area contributed by atoms with Crippen LogP contribution in [0.25, 0.3) is 0 Å². The molecule has 2 heterocycles. The normalized spacial score (nSPS) is 16.9. The van der Waals surface area contributed by atoms with Gasteiger partial charge in [0.25, 0.3) is 0 Å². The van der Waals surface area contributed by atoms with E-state index in [1.54, 1.807) is 18.2 Å². The lowest BCUT2D eigenvalue weighted by Gasteiger charge is -2.20. The number of ketones is 1. The SMILES string of the molecule is CCCCCCCCCOc1ccc(C(=O)c2cccc3c2OC(N)(c2nnn[nH]2)C3)cc1. The van der Waals surface area contributed by atoms with Gasteiger partial charge in [0.05, 0.1) is 12.2 Å². The second-order valence-electron chi connectivity index (χ2n) is 8.54. The smallest absolute Gasteiger partial charge is 0.224 e. The molecule has 0 amide bonds. The van der Waals surface area contributed by atoms with Gasteiger partial charge < -0.3 is 9.47 Å². The number of nitrogens with two attached hydrogens (primary N) is 1. The highest BCUT2D eigenvalue weighted by molar-refractivity contribution is 6.11. The van der Waals surface area contributed by atoms with Crippen molar-refractivity contribution in [2.45, 2.75) is 64.0 Å². The molecule has 8 heteroatoms. The number of unbranched alkanes of at least 4 members (excludes halogenated alkanes) is 6. The van der Waals surface area contributed by atoms with Crippen molar-refractivity contribution >= 4 is 5.78 Å². The first-order valence-corrected chi connectivity index (χ1v) is 11.7. The molecule has 1 aromatic heterocycles. The zero-order valence-corrected chi connectivity index (χ0v) is 19.0. The number of aromatic nitrogens is 4. The molecular formula is C25H31N5O3. The summed E-state index contributed by atoms with van der Waals surface area (Å²) in [7, 11) is 0. The summed E-state index contributed by atoms with van der Waals surface area (Å²) in [6, 6.07) is 12.7. The number of rotatable bonds is 12. The number of carbonyl (C=O) groups excluding carboxylic acids is 1. The Morgan fingerprint density at radius 3 is 2.58 bits per heavy atom. The van der Waals surface area contributed by atoms with Crippen molar-refractivity contribution in [2.24, 2.45) is 5.73 Å². The highest BCUT2D eigenvalue weighted by Gasteiger charge is 2.42. The van der Waals surface area contributed by atoms with Crippen LogP contribution < -0.4 is 15.2 Å². The maximum absolute atomic E-state index is 13.2. The van der Waals surface area contributed by atoms with Gasteiger partial charge in [-0.25, -0.2) is 5.10 Å². The van der Waals surface area contributed by atoms with E-state index in [-0.39, 0.29) is 5.78 Å². The minimum absolute atomic E-state index is 0.134. The van der Waals surface area contributed by atoms with Crippen LogP contribution in [0.2, 0.25) is 0 Å². The molecule has 4 rings (SSSR count). The Kier molecular flexibility index (Phi) is 7.34. The van der Waals surface area contributed by atoms with E-state index < -0.39 is 5.72 Å². The Morgan fingerprint density at radius 2 is 1.85 bits per heavy atom. The molecule has 1 aliphatic rings. The third kappa shape index (κ3) is 5.39. The van der Waals surface area contributed by atoms with Crippen molar-refractivity contribution in [1.82, 2.24) is 20.6 Å². The van der Waals surface area contributed by atoms with Gasteiger partial charge in [-0.3, -0.25) is 10.5 Å². The van der Waals surface area contributed by atoms with Crippen LogP contribution in [0.5, 0.6) is 11.5 Å². The lowest BCUT2D eigenvalue weighted by atomic mass is 9.98. The van der Waals surface area contributed by atoms with E-state index in [2.05, 4.69) is 27.5 Å². The van der Waals surface area contributed by atoms with Crippen LogP contribution in [0, 0.1) is 0 Å². The number of nitrogens with zero attached hydrogens (tertiary/aromatic N) is 3. The van der Waals surface area contributed by atoms with E-state index in [4.69, 9.17) is 15.2 Å². The minimum atomic E-state index is -1.23. The fraction of sp³-hybridized carbons (Fsp3) is 0.440. The van der Waals surface area contributed by atoms with Gasteiger partial charge >= 0.3 is 0 Å². The molecule has 0 bridgehead atoms. The van der Waals surface area contributed by atoms with Gasteiger partial charge in [0, 0.05) is 17.5 Å². The van der Waals surface area contributed by atoms with Crippen molar-refractivity contribution < 1.29 is 14.3 Å². The number of tetrazole rings is 1. The fourth-order valence-corrected chi connectivity index (χ4v) is 4.10. The van der Waals surface area contributed by atoms with Gasteiger partial charge in [0.1, 0.15) is 11.5 Å². The van der Waals surface area contributed by atoms with Crippen molar-refractivity contribution in [1.29, 1.82) is 0 Å². The number of carbonyl (C=O) groups is 1. The van der Waals surface area contributed by atoms with Gasteiger partial charge in [0.2, 0.25) is 11.5 Å². The average Bonchev–Trinajstić information content (AvgIpc) is 3.49. The molecule has 0 saturated carbocycles. The van der Waals surface area contributed by atoms with E-state index in [0.717, 1.165) is 17.7 Å². The largest absolute Gasteiger partial charge is 0.494 e. The van der Waals surface area contributed by atoms with Gasteiger partial charge in [0.15, 0.2) is 5.78 Å². The van der Waals surface area contributed by atoms with Crippen LogP contribution in [0.4, 0.5) is 0 Å². The predicted octanol–water partition coefficient (Wildman–Crippen LogP) is 4.31. The number of para-hydroxylation sites is 1. The number of ether oxygens (including phenoxy) is 2. The molecule has 174 valence electrons. The molecule has 0 radical (unpaired) electrons. The average molecular weight is 450 g/mol. The van der Waals surface area contributed by atoms with Crippen molar-refractivity contribution in [2.75, 3.05) is 6.61 Å². The molecule has 1 unspecified atom stereocenters. The molecule has 33 heavy (non-hydrogen) atoms. The second kappa shape index (κ2) is 10.6. The van der Waals surface area contributed by atoms with Crippen LogP contribution in [0.3, 0.4) is 0 Å². The number of H-pyrrole nitrogens is 1. The lowest BCUT2D eigenvalue weighted by Crippen LogP contribution is -2.42. The lowest BCUT2D eigenvalue weighted by molar-refractivity contribution is 0.0873. The Balaban J connectivity index is 1.34. The number of nitrogens with one attached hydrogen (secondary N) is 1. The summed E-state index contributed by atoms with van der Waals surface area (Å²) in [5.41, 5.74) is 7.02. The number of aromatic amines is 1. The second-order valence-corrected chi connectivity index (χ2v) is 8.54. The highest BCUT2D eigenvalue weighted by atomic mass is 16.5. The molecular weight excluding hydrogens is 418 g/mol. The zero-order valence-electron chi connectivity index (χ0n) is 19.0. The minimum Gasteiger partial charge on any atom is -0.494 e. The molecule has 1 aliphatic heterocycles.